The number of nitrogen functional groups attached to an aromatic ring is 1. The summed E-state index contributed by atoms with van der Waals surface area (Å²) in [6.45, 7) is 0.910. The van der Waals surface area contributed by atoms with Crippen molar-refractivity contribution >= 4 is 17.4 Å². The lowest BCUT2D eigenvalue weighted by atomic mass is 10.1. The van der Waals surface area contributed by atoms with E-state index in [1.807, 2.05) is 0 Å². The zero-order chi connectivity index (χ0) is 13.4. The molecule has 1 aromatic carbocycles. The lowest BCUT2D eigenvalue weighted by Crippen LogP contribution is -1.97. The van der Waals surface area contributed by atoms with Crippen LogP contribution in [0.1, 0.15) is 6.42 Å². The van der Waals surface area contributed by atoms with Crippen LogP contribution in [0.5, 0.6) is 11.5 Å². The number of rotatable bonds is 1. The van der Waals surface area contributed by atoms with Gasteiger partial charge in [-0.1, -0.05) is 16.8 Å². The summed E-state index contributed by atoms with van der Waals surface area (Å²) in [5, 5.41) is 3.38. The fraction of sp³-hybridized carbons (Fsp3) is 0.250. The van der Waals surface area contributed by atoms with E-state index in [0.29, 0.717) is 25.4 Å². The maximum atomic E-state index is 14.2. The number of hydrogen-bond donors (Lipinski definition) is 1. The molecule has 2 N–H and O–H groups in total. The SMILES string of the molecule is Nc1cc(-c2cc3c(c(Cl)c2F)OCCCO3)on1. The van der Waals surface area contributed by atoms with Crippen LogP contribution < -0.4 is 15.2 Å². The molecule has 0 aliphatic carbocycles. The number of ether oxygens (including phenoxy) is 2. The number of nitrogens with two attached hydrogens (primary N) is 1. The Kier molecular flexibility index (Phi) is 2.94. The average Bonchev–Trinajstić information content (AvgIpc) is 2.69. The zero-order valence-electron chi connectivity index (χ0n) is 9.78. The van der Waals surface area contributed by atoms with Gasteiger partial charge in [0.1, 0.15) is 5.02 Å². The number of fused-ring (bicyclic) bond motifs is 1. The van der Waals surface area contributed by atoms with Crippen LogP contribution in [0.4, 0.5) is 10.2 Å². The first-order valence-electron chi connectivity index (χ1n) is 5.67. The van der Waals surface area contributed by atoms with Crippen molar-refractivity contribution < 1.29 is 18.4 Å². The van der Waals surface area contributed by atoms with Crippen molar-refractivity contribution in [3.63, 3.8) is 0 Å². The number of benzene rings is 1. The summed E-state index contributed by atoms with van der Waals surface area (Å²) in [7, 11) is 0. The standard InChI is InChI=1S/C12H10ClFN2O3/c13-10-11(14)6(7-5-9(15)16-19-7)4-8-12(10)18-3-1-2-17-8/h4-5H,1-3H2,(H2,15,16). The highest BCUT2D eigenvalue weighted by Crippen LogP contribution is 2.43. The van der Waals surface area contributed by atoms with Gasteiger partial charge < -0.3 is 19.7 Å². The predicted octanol–water partition coefficient (Wildman–Crippen LogP) is 2.88. The molecule has 0 amide bonds. The monoisotopic (exact) mass is 284 g/mol. The number of halogens is 2. The quantitative estimate of drug-likeness (QED) is 0.872. The second-order valence-electron chi connectivity index (χ2n) is 4.05. The zero-order valence-corrected chi connectivity index (χ0v) is 10.5. The molecule has 0 unspecified atom stereocenters. The van der Waals surface area contributed by atoms with E-state index in [-0.39, 0.29) is 27.9 Å². The van der Waals surface area contributed by atoms with Crippen molar-refractivity contribution in [2.24, 2.45) is 0 Å². The van der Waals surface area contributed by atoms with Crippen molar-refractivity contribution in [2.45, 2.75) is 6.42 Å². The smallest absolute Gasteiger partial charge is 0.182 e. The van der Waals surface area contributed by atoms with Crippen molar-refractivity contribution in [3.8, 4) is 22.8 Å². The highest BCUT2D eigenvalue weighted by Gasteiger charge is 2.23. The molecule has 1 aliphatic heterocycles. The highest BCUT2D eigenvalue weighted by molar-refractivity contribution is 6.32. The predicted molar refractivity (Wildman–Crippen MR) is 66.9 cm³/mol. The molecule has 2 aromatic rings. The van der Waals surface area contributed by atoms with Gasteiger partial charge in [0, 0.05) is 12.5 Å². The summed E-state index contributed by atoms with van der Waals surface area (Å²) in [6.07, 6.45) is 0.706. The molecule has 19 heavy (non-hydrogen) atoms. The first-order valence-corrected chi connectivity index (χ1v) is 6.05. The Hall–Kier alpha value is -1.95. The van der Waals surface area contributed by atoms with Crippen LogP contribution in [-0.4, -0.2) is 18.4 Å². The van der Waals surface area contributed by atoms with E-state index in [9.17, 15) is 4.39 Å². The summed E-state index contributed by atoms with van der Waals surface area (Å²) in [4.78, 5) is 0. The average molecular weight is 285 g/mol. The van der Waals surface area contributed by atoms with Gasteiger partial charge in [-0.25, -0.2) is 4.39 Å². The Labute approximate surface area is 113 Å². The molecular formula is C12H10ClFN2O3. The van der Waals surface area contributed by atoms with Gasteiger partial charge >= 0.3 is 0 Å². The van der Waals surface area contributed by atoms with Crippen molar-refractivity contribution in [3.05, 3.63) is 23.0 Å². The van der Waals surface area contributed by atoms with Gasteiger partial charge in [-0.2, -0.15) is 0 Å². The summed E-state index contributed by atoms with van der Waals surface area (Å²) in [6, 6.07) is 2.89. The van der Waals surface area contributed by atoms with Gasteiger partial charge in [0.2, 0.25) is 0 Å². The van der Waals surface area contributed by atoms with Gasteiger partial charge in [-0.05, 0) is 6.07 Å². The van der Waals surface area contributed by atoms with E-state index in [2.05, 4.69) is 5.16 Å². The topological polar surface area (TPSA) is 70.5 Å². The minimum absolute atomic E-state index is 0.135. The third-order valence-corrected chi connectivity index (χ3v) is 3.05. The summed E-state index contributed by atoms with van der Waals surface area (Å²) in [5.41, 5.74) is 5.59. The fourth-order valence-corrected chi connectivity index (χ4v) is 2.09. The second kappa shape index (κ2) is 4.62. The van der Waals surface area contributed by atoms with E-state index >= 15 is 0 Å². The summed E-state index contributed by atoms with van der Waals surface area (Å²) < 4.78 is 30.0. The minimum Gasteiger partial charge on any atom is -0.489 e. The van der Waals surface area contributed by atoms with E-state index < -0.39 is 5.82 Å². The Morgan fingerprint density at radius 2 is 2.05 bits per heavy atom. The third-order valence-electron chi connectivity index (χ3n) is 2.71. The number of hydrogen-bond acceptors (Lipinski definition) is 5. The largest absolute Gasteiger partial charge is 0.489 e. The van der Waals surface area contributed by atoms with Crippen LogP contribution in [0.2, 0.25) is 5.02 Å². The lowest BCUT2D eigenvalue weighted by molar-refractivity contribution is 0.297. The van der Waals surface area contributed by atoms with Crippen LogP contribution in [0.3, 0.4) is 0 Å². The molecule has 5 nitrogen and oxygen atoms in total. The molecule has 0 saturated carbocycles. The van der Waals surface area contributed by atoms with Gasteiger partial charge in [-0.15, -0.1) is 0 Å². The van der Waals surface area contributed by atoms with Crippen molar-refractivity contribution in [1.29, 1.82) is 0 Å². The maximum absolute atomic E-state index is 14.2. The van der Waals surface area contributed by atoms with Crippen LogP contribution in [0, 0.1) is 5.82 Å². The Morgan fingerprint density at radius 3 is 2.79 bits per heavy atom. The number of nitrogens with zero attached hydrogens (tertiary/aromatic N) is 1. The molecule has 0 atom stereocenters. The van der Waals surface area contributed by atoms with E-state index in [1.165, 1.54) is 12.1 Å². The Balaban J connectivity index is 2.16. The second-order valence-corrected chi connectivity index (χ2v) is 4.42. The third kappa shape index (κ3) is 2.08. The highest BCUT2D eigenvalue weighted by atomic mass is 35.5. The van der Waals surface area contributed by atoms with Crippen molar-refractivity contribution in [2.75, 3.05) is 18.9 Å². The fourth-order valence-electron chi connectivity index (χ4n) is 1.84. The Morgan fingerprint density at radius 1 is 1.26 bits per heavy atom. The molecule has 100 valence electrons. The molecule has 0 spiro atoms. The van der Waals surface area contributed by atoms with Crippen LogP contribution in [0.25, 0.3) is 11.3 Å². The van der Waals surface area contributed by atoms with Crippen molar-refractivity contribution in [1.82, 2.24) is 5.16 Å². The van der Waals surface area contributed by atoms with E-state index in [0.717, 1.165) is 0 Å². The van der Waals surface area contributed by atoms with Gasteiger partial charge in [0.25, 0.3) is 0 Å². The molecule has 3 rings (SSSR count). The first-order chi connectivity index (χ1) is 9.16. The Bertz CT molecular complexity index is 630. The summed E-state index contributed by atoms with van der Waals surface area (Å²) >= 11 is 5.97. The molecule has 0 radical (unpaired) electrons. The van der Waals surface area contributed by atoms with Gasteiger partial charge in [-0.3, -0.25) is 0 Å². The van der Waals surface area contributed by atoms with Crippen LogP contribution >= 0.6 is 11.6 Å². The molecule has 0 saturated heterocycles. The lowest BCUT2D eigenvalue weighted by Gasteiger charge is -2.11. The van der Waals surface area contributed by atoms with E-state index in [4.69, 9.17) is 31.3 Å². The van der Waals surface area contributed by atoms with Crippen LogP contribution in [-0.2, 0) is 0 Å². The van der Waals surface area contributed by atoms with Gasteiger partial charge in [0.05, 0.1) is 18.8 Å². The molecule has 1 aromatic heterocycles. The normalized spacial score (nSPS) is 14.2. The summed E-state index contributed by atoms with van der Waals surface area (Å²) in [5.74, 6) is 0.300. The molecule has 7 heteroatoms. The molecule has 1 aliphatic rings. The molecule has 2 heterocycles. The molecule has 0 bridgehead atoms. The number of anilines is 1. The van der Waals surface area contributed by atoms with Crippen LogP contribution in [0.15, 0.2) is 16.7 Å². The number of aromatic nitrogens is 1. The molecule has 0 fully saturated rings. The maximum Gasteiger partial charge on any atom is 0.182 e. The van der Waals surface area contributed by atoms with Gasteiger partial charge in [0.15, 0.2) is 28.9 Å². The first kappa shape index (κ1) is 12.1. The molecular weight excluding hydrogens is 275 g/mol. The van der Waals surface area contributed by atoms with E-state index in [1.54, 1.807) is 0 Å². The minimum atomic E-state index is -0.651.